The van der Waals surface area contributed by atoms with Crippen LogP contribution in [0.1, 0.15) is 53.7 Å². The molecule has 0 aliphatic heterocycles. The maximum atomic E-state index is 13.0. The first-order chi connectivity index (χ1) is 14.2. The SMILES string of the molecule is CC[C@H](C)[C@H](NC(=O)c1ccc(C)cc1)c1nc(-c2cccc(C(F)(F)F)c2)no1. The van der Waals surface area contributed by atoms with Crippen molar-refractivity contribution < 1.29 is 22.5 Å². The number of nitrogens with zero attached hydrogens (tertiary/aromatic N) is 2. The third kappa shape index (κ3) is 4.87. The van der Waals surface area contributed by atoms with E-state index in [-0.39, 0.29) is 29.1 Å². The minimum absolute atomic E-state index is 0.0331. The number of rotatable bonds is 6. The highest BCUT2D eigenvalue weighted by Crippen LogP contribution is 2.32. The van der Waals surface area contributed by atoms with Gasteiger partial charge in [-0.15, -0.1) is 0 Å². The van der Waals surface area contributed by atoms with Crippen LogP contribution >= 0.6 is 0 Å². The van der Waals surface area contributed by atoms with Gasteiger partial charge in [-0.3, -0.25) is 4.79 Å². The van der Waals surface area contributed by atoms with Crippen LogP contribution < -0.4 is 5.32 Å². The highest BCUT2D eigenvalue weighted by atomic mass is 19.4. The molecule has 1 aromatic heterocycles. The zero-order valence-electron chi connectivity index (χ0n) is 16.8. The summed E-state index contributed by atoms with van der Waals surface area (Å²) in [6.45, 7) is 5.81. The van der Waals surface area contributed by atoms with Gasteiger partial charge in [-0.25, -0.2) is 0 Å². The molecule has 2 aromatic carbocycles. The number of carbonyl (C=O) groups is 1. The van der Waals surface area contributed by atoms with Crippen molar-refractivity contribution in [2.45, 2.75) is 39.4 Å². The smallest absolute Gasteiger partial charge is 0.340 e. The lowest BCUT2D eigenvalue weighted by atomic mass is 9.98. The standard InChI is InChI=1S/C22H22F3N3O2/c1-4-14(3)18(26-20(29)15-10-8-13(2)9-11-15)21-27-19(28-30-21)16-6-5-7-17(12-16)22(23,24)25/h5-12,14,18H,4H2,1-3H3,(H,26,29)/t14-,18-/m0/s1. The van der Waals surface area contributed by atoms with E-state index in [1.807, 2.05) is 32.9 Å². The average molecular weight is 417 g/mol. The van der Waals surface area contributed by atoms with Crippen LogP contribution in [0.2, 0.25) is 0 Å². The highest BCUT2D eigenvalue weighted by Gasteiger charge is 2.31. The molecule has 0 aliphatic carbocycles. The van der Waals surface area contributed by atoms with E-state index in [4.69, 9.17) is 4.52 Å². The van der Waals surface area contributed by atoms with Crippen LogP contribution in [0.3, 0.4) is 0 Å². The first-order valence-corrected chi connectivity index (χ1v) is 9.57. The molecule has 0 bridgehead atoms. The number of benzene rings is 2. The van der Waals surface area contributed by atoms with Crippen LogP contribution in [0, 0.1) is 12.8 Å². The fourth-order valence-corrected chi connectivity index (χ4v) is 2.93. The highest BCUT2D eigenvalue weighted by molar-refractivity contribution is 5.94. The Hall–Kier alpha value is -3.16. The van der Waals surface area contributed by atoms with Crippen LogP contribution in [0.15, 0.2) is 53.1 Å². The molecule has 0 saturated heterocycles. The van der Waals surface area contributed by atoms with Gasteiger partial charge in [0.15, 0.2) is 0 Å². The second-order valence-corrected chi connectivity index (χ2v) is 7.24. The van der Waals surface area contributed by atoms with Crippen LogP contribution in [0.25, 0.3) is 11.4 Å². The third-order valence-corrected chi connectivity index (χ3v) is 4.97. The van der Waals surface area contributed by atoms with Crippen molar-refractivity contribution in [3.63, 3.8) is 0 Å². The van der Waals surface area contributed by atoms with Crippen molar-refractivity contribution in [3.8, 4) is 11.4 Å². The van der Waals surface area contributed by atoms with E-state index in [2.05, 4.69) is 15.5 Å². The summed E-state index contributed by atoms with van der Waals surface area (Å²) in [6.07, 6.45) is -3.75. The van der Waals surface area contributed by atoms with Gasteiger partial charge in [-0.05, 0) is 37.1 Å². The van der Waals surface area contributed by atoms with Crippen molar-refractivity contribution in [1.82, 2.24) is 15.5 Å². The summed E-state index contributed by atoms with van der Waals surface area (Å²) in [4.78, 5) is 16.9. The van der Waals surface area contributed by atoms with Crippen molar-refractivity contribution >= 4 is 5.91 Å². The maximum absolute atomic E-state index is 13.0. The molecule has 2 atom stereocenters. The van der Waals surface area contributed by atoms with Crippen LogP contribution in [-0.4, -0.2) is 16.0 Å². The van der Waals surface area contributed by atoms with Gasteiger partial charge in [0.2, 0.25) is 11.7 Å². The largest absolute Gasteiger partial charge is 0.416 e. The molecule has 1 heterocycles. The Labute approximate surface area is 172 Å². The van der Waals surface area contributed by atoms with Crippen LogP contribution in [0.4, 0.5) is 13.2 Å². The number of nitrogens with one attached hydrogen (secondary N) is 1. The Balaban J connectivity index is 1.87. The second kappa shape index (κ2) is 8.69. The van der Waals surface area contributed by atoms with E-state index >= 15 is 0 Å². The second-order valence-electron chi connectivity index (χ2n) is 7.24. The van der Waals surface area contributed by atoms with Crippen LogP contribution in [-0.2, 0) is 6.18 Å². The lowest BCUT2D eigenvalue weighted by molar-refractivity contribution is -0.137. The topological polar surface area (TPSA) is 68.0 Å². The van der Waals surface area contributed by atoms with E-state index in [0.717, 1.165) is 24.1 Å². The van der Waals surface area contributed by atoms with Gasteiger partial charge < -0.3 is 9.84 Å². The third-order valence-electron chi connectivity index (χ3n) is 4.97. The number of amides is 1. The summed E-state index contributed by atoms with van der Waals surface area (Å²) in [6, 6.07) is 11.3. The summed E-state index contributed by atoms with van der Waals surface area (Å²) in [7, 11) is 0. The number of carbonyl (C=O) groups excluding carboxylic acids is 1. The van der Waals surface area contributed by atoms with Crippen molar-refractivity contribution in [2.75, 3.05) is 0 Å². The Morgan fingerprint density at radius 1 is 1.17 bits per heavy atom. The maximum Gasteiger partial charge on any atom is 0.416 e. The normalized spacial score (nSPS) is 13.7. The monoisotopic (exact) mass is 417 g/mol. The minimum atomic E-state index is -4.47. The molecule has 1 amide bonds. The first-order valence-electron chi connectivity index (χ1n) is 9.57. The molecule has 1 N–H and O–H groups in total. The van der Waals surface area contributed by atoms with Gasteiger partial charge in [0.25, 0.3) is 5.91 Å². The zero-order chi connectivity index (χ0) is 21.9. The molecule has 0 radical (unpaired) electrons. The number of hydrogen-bond donors (Lipinski definition) is 1. The van der Waals surface area contributed by atoms with Gasteiger partial charge in [-0.2, -0.15) is 18.2 Å². The molecule has 8 heteroatoms. The summed E-state index contributed by atoms with van der Waals surface area (Å²) < 4.78 is 44.3. The molecule has 0 fully saturated rings. The van der Waals surface area contributed by atoms with E-state index in [9.17, 15) is 18.0 Å². The predicted octanol–water partition coefficient (Wildman–Crippen LogP) is 5.58. The lowest BCUT2D eigenvalue weighted by Gasteiger charge is -2.20. The molecule has 0 aliphatic rings. The quantitative estimate of drug-likeness (QED) is 0.568. The minimum Gasteiger partial charge on any atom is -0.340 e. The summed E-state index contributed by atoms with van der Waals surface area (Å²) in [5.41, 5.74) is 0.921. The van der Waals surface area contributed by atoms with Gasteiger partial charge in [0.05, 0.1) is 5.56 Å². The molecule has 0 spiro atoms. The van der Waals surface area contributed by atoms with E-state index in [1.165, 1.54) is 12.1 Å². The van der Waals surface area contributed by atoms with Gasteiger partial charge in [-0.1, -0.05) is 55.3 Å². The molecule has 158 valence electrons. The Bertz CT molecular complexity index is 1010. The van der Waals surface area contributed by atoms with Crippen molar-refractivity contribution in [2.24, 2.45) is 5.92 Å². The Morgan fingerprint density at radius 2 is 1.87 bits per heavy atom. The Kier molecular flexibility index (Phi) is 6.24. The molecule has 0 unspecified atom stereocenters. The fourth-order valence-electron chi connectivity index (χ4n) is 2.93. The Morgan fingerprint density at radius 3 is 2.50 bits per heavy atom. The fraction of sp³-hybridized carbons (Fsp3) is 0.318. The number of alkyl halides is 3. The van der Waals surface area contributed by atoms with Gasteiger partial charge in [0, 0.05) is 11.1 Å². The van der Waals surface area contributed by atoms with Crippen LogP contribution in [0.5, 0.6) is 0 Å². The molecule has 3 rings (SSSR count). The van der Waals surface area contributed by atoms with E-state index in [1.54, 1.807) is 12.1 Å². The lowest BCUT2D eigenvalue weighted by Crippen LogP contribution is -2.32. The number of aromatic nitrogens is 2. The van der Waals surface area contributed by atoms with Gasteiger partial charge >= 0.3 is 6.18 Å². The number of halogens is 3. The molecule has 5 nitrogen and oxygen atoms in total. The predicted molar refractivity (Wildman–Crippen MR) is 106 cm³/mol. The number of hydrogen-bond acceptors (Lipinski definition) is 4. The summed E-state index contributed by atoms with van der Waals surface area (Å²) >= 11 is 0. The summed E-state index contributed by atoms with van der Waals surface area (Å²) in [5.74, 6) is -0.139. The zero-order valence-corrected chi connectivity index (χ0v) is 16.8. The average Bonchev–Trinajstić information content (AvgIpc) is 3.21. The first kappa shape index (κ1) is 21.5. The van der Waals surface area contributed by atoms with Gasteiger partial charge in [0.1, 0.15) is 6.04 Å². The van der Waals surface area contributed by atoms with E-state index < -0.39 is 17.8 Å². The molecule has 3 aromatic rings. The van der Waals surface area contributed by atoms with E-state index in [0.29, 0.717) is 5.56 Å². The van der Waals surface area contributed by atoms with Crippen molar-refractivity contribution in [3.05, 3.63) is 71.1 Å². The molecule has 0 saturated carbocycles. The molecule has 30 heavy (non-hydrogen) atoms. The number of aryl methyl sites for hydroxylation is 1. The summed E-state index contributed by atoms with van der Waals surface area (Å²) in [5, 5.41) is 6.74. The molecular formula is C22H22F3N3O2. The van der Waals surface area contributed by atoms with Crippen molar-refractivity contribution in [1.29, 1.82) is 0 Å². The molecular weight excluding hydrogens is 395 g/mol.